The summed E-state index contributed by atoms with van der Waals surface area (Å²) in [6, 6.07) is 2.44. The molecule has 1 N–H and O–H groups in total. The first kappa shape index (κ1) is 15.8. The van der Waals surface area contributed by atoms with E-state index in [2.05, 4.69) is 10.3 Å². The van der Waals surface area contributed by atoms with Gasteiger partial charge in [0.25, 0.3) is 0 Å². The van der Waals surface area contributed by atoms with E-state index in [9.17, 15) is 13.2 Å². The molecule has 0 bridgehead atoms. The molecule has 0 amide bonds. The van der Waals surface area contributed by atoms with Gasteiger partial charge >= 0.3 is 6.18 Å². The first-order chi connectivity index (χ1) is 8.84. The Morgan fingerprint density at radius 2 is 2.05 bits per heavy atom. The zero-order valence-corrected chi connectivity index (χ0v) is 11.5. The molecule has 0 aliphatic carbocycles. The third-order valence-electron chi connectivity index (χ3n) is 2.71. The molecule has 3 nitrogen and oxygen atoms in total. The van der Waals surface area contributed by atoms with Crippen LogP contribution in [0.25, 0.3) is 0 Å². The highest BCUT2D eigenvalue weighted by atomic mass is 19.4. The molecule has 0 aromatic carbocycles. The summed E-state index contributed by atoms with van der Waals surface area (Å²) < 4.78 is 37.9. The second kappa shape index (κ2) is 6.75. The van der Waals surface area contributed by atoms with Crippen molar-refractivity contribution < 1.29 is 13.2 Å². The molecule has 1 aromatic rings. The number of nitrogens with zero attached hydrogens (tertiary/aromatic N) is 2. The van der Waals surface area contributed by atoms with Gasteiger partial charge in [0.1, 0.15) is 5.82 Å². The predicted molar refractivity (Wildman–Crippen MR) is 70.3 cm³/mol. The Labute approximate surface area is 111 Å². The maximum absolute atomic E-state index is 12.6. The van der Waals surface area contributed by atoms with E-state index in [-0.39, 0.29) is 0 Å². The number of hydrogen-bond acceptors (Lipinski definition) is 3. The van der Waals surface area contributed by atoms with Crippen molar-refractivity contribution in [3.63, 3.8) is 0 Å². The van der Waals surface area contributed by atoms with Crippen LogP contribution in [0.5, 0.6) is 0 Å². The molecule has 0 aliphatic rings. The number of alkyl halides is 3. The molecule has 19 heavy (non-hydrogen) atoms. The van der Waals surface area contributed by atoms with Crippen LogP contribution >= 0.6 is 0 Å². The van der Waals surface area contributed by atoms with Gasteiger partial charge in [-0.3, -0.25) is 0 Å². The summed E-state index contributed by atoms with van der Waals surface area (Å²) in [5.74, 6) is 0.364. The van der Waals surface area contributed by atoms with Crippen LogP contribution in [-0.4, -0.2) is 30.7 Å². The molecule has 1 heterocycles. The fourth-order valence-corrected chi connectivity index (χ4v) is 1.69. The molecule has 0 aliphatic heterocycles. The summed E-state index contributed by atoms with van der Waals surface area (Å²) in [4.78, 5) is 5.84. The van der Waals surface area contributed by atoms with Gasteiger partial charge in [-0.15, -0.1) is 0 Å². The summed E-state index contributed by atoms with van der Waals surface area (Å²) in [6.45, 7) is 7.91. The van der Waals surface area contributed by atoms with E-state index in [1.807, 2.05) is 25.7 Å². The second-order valence-corrected chi connectivity index (χ2v) is 4.59. The Balaban J connectivity index is 2.75. The van der Waals surface area contributed by atoms with Gasteiger partial charge in [-0.1, -0.05) is 13.8 Å². The first-order valence-electron chi connectivity index (χ1n) is 6.36. The van der Waals surface area contributed by atoms with Gasteiger partial charge in [-0.05, 0) is 19.1 Å². The summed E-state index contributed by atoms with van der Waals surface area (Å²) in [6.07, 6.45) is -3.12. The van der Waals surface area contributed by atoms with E-state index in [1.54, 1.807) is 0 Å². The molecule has 0 saturated carbocycles. The topological polar surface area (TPSA) is 28.2 Å². The zero-order valence-electron chi connectivity index (χ0n) is 11.5. The van der Waals surface area contributed by atoms with Crippen molar-refractivity contribution in [2.45, 2.75) is 33.0 Å². The van der Waals surface area contributed by atoms with E-state index in [4.69, 9.17) is 0 Å². The Morgan fingerprint density at radius 3 is 2.58 bits per heavy atom. The van der Waals surface area contributed by atoms with Crippen LogP contribution in [0.3, 0.4) is 0 Å². The Hall–Kier alpha value is -1.30. The highest BCUT2D eigenvalue weighted by Crippen LogP contribution is 2.30. The number of aromatic nitrogens is 1. The zero-order chi connectivity index (χ0) is 14.5. The third kappa shape index (κ3) is 5.06. The highest BCUT2D eigenvalue weighted by molar-refractivity contribution is 5.41. The fourth-order valence-electron chi connectivity index (χ4n) is 1.69. The minimum atomic E-state index is -4.33. The molecule has 1 aromatic heterocycles. The SMILES string of the molecule is CCN(CCNC(C)C)c1cc(C(F)(F)F)ccn1. The summed E-state index contributed by atoms with van der Waals surface area (Å²) in [5.41, 5.74) is -0.659. The van der Waals surface area contributed by atoms with E-state index in [1.165, 1.54) is 6.20 Å². The molecular weight excluding hydrogens is 255 g/mol. The average Bonchev–Trinajstić information content (AvgIpc) is 2.33. The van der Waals surface area contributed by atoms with Gasteiger partial charge in [0.15, 0.2) is 0 Å². The van der Waals surface area contributed by atoms with E-state index < -0.39 is 11.7 Å². The minimum absolute atomic E-state index is 0.355. The van der Waals surface area contributed by atoms with Crippen LogP contribution < -0.4 is 10.2 Å². The number of rotatable bonds is 6. The molecule has 108 valence electrons. The average molecular weight is 275 g/mol. The van der Waals surface area contributed by atoms with Crippen molar-refractivity contribution in [2.75, 3.05) is 24.5 Å². The molecule has 0 spiro atoms. The molecule has 0 saturated heterocycles. The van der Waals surface area contributed by atoms with Crippen molar-refractivity contribution in [1.29, 1.82) is 0 Å². The summed E-state index contributed by atoms with van der Waals surface area (Å²) >= 11 is 0. The van der Waals surface area contributed by atoms with Gasteiger partial charge in [0.05, 0.1) is 5.56 Å². The lowest BCUT2D eigenvalue weighted by Gasteiger charge is -2.23. The van der Waals surface area contributed by atoms with Crippen molar-refractivity contribution in [2.24, 2.45) is 0 Å². The Bertz CT molecular complexity index is 391. The van der Waals surface area contributed by atoms with Gasteiger partial charge < -0.3 is 10.2 Å². The number of likely N-dealkylation sites (N-methyl/N-ethyl adjacent to an activating group) is 1. The van der Waals surface area contributed by atoms with Gasteiger partial charge in [0, 0.05) is 31.9 Å². The summed E-state index contributed by atoms with van der Waals surface area (Å²) in [7, 11) is 0. The summed E-state index contributed by atoms with van der Waals surface area (Å²) in [5, 5.41) is 3.23. The predicted octanol–water partition coefficient (Wildman–Crippen LogP) is 2.92. The first-order valence-corrected chi connectivity index (χ1v) is 6.36. The fraction of sp³-hybridized carbons (Fsp3) is 0.615. The Kier molecular flexibility index (Phi) is 5.60. The van der Waals surface area contributed by atoms with Crippen LogP contribution in [0.4, 0.5) is 19.0 Å². The third-order valence-corrected chi connectivity index (χ3v) is 2.71. The number of pyridine rings is 1. The second-order valence-electron chi connectivity index (χ2n) is 4.59. The van der Waals surface area contributed by atoms with Gasteiger partial charge in [0.2, 0.25) is 0 Å². The van der Waals surface area contributed by atoms with E-state index >= 15 is 0 Å². The van der Waals surface area contributed by atoms with Crippen LogP contribution in [-0.2, 0) is 6.18 Å². The number of halogens is 3. The van der Waals surface area contributed by atoms with E-state index in [0.29, 0.717) is 31.5 Å². The molecule has 0 atom stereocenters. The highest BCUT2D eigenvalue weighted by Gasteiger charge is 2.31. The molecule has 6 heteroatoms. The normalized spacial score (nSPS) is 11.9. The lowest BCUT2D eigenvalue weighted by molar-refractivity contribution is -0.137. The lowest BCUT2D eigenvalue weighted by Crippen LogP contribution is -2.35. The molecule has 0 fully saturated rings. The van der Waals surface area contributed by atoms with Gasteiger partial charge in [-0.25, -0.2) is 4.98 Å². The standard InChI is InChI=1S/C13H20F3N3/c1-4-19(8-7-17-10(2)3)12-9-11(5-6-18-12)13(14,15)16/h5-6,9-10,17H,4,7-8H2,1-3H3. The maximum Gasteiger partial charge on any atom is 0.416 e. The largest absolute Gasteiger partial charge is 0.416 e. The van der Waals surface area contributed by atoms with E-state index in [0.717, 1.165) is 12.1 Å². The molecule has 0 unspecified atom stereocenters. The van der Waals surface area contributed by atoms with Crippen LogP contribution in [0.15, 0.2) is 18.3 Å². The van der Waals surface area contributed by atoms with Crippen molar-refractivity contribution in [3.05, 3.63) is 23.9 Å². The number of hydrogen-bond donors (Lipinski definition) is 1. The smallest absolute Gasteiger partial charge is 0.356 e. The van der Waals surface area contributed by atoms with Crippen molar-refractivity contribution in [1.82, 2.24) is 10.3 Å². The van der Waals surface area contributed by atoms with Gasteiger partial charge in [-0.2, -0.15) is 13.2 Å². The molecule has 0 radical (unpaired) electrons. The maximum atomic E-state index is 12.6. The molecule has 1 rings (SSSR count). The number of nitrogens with one attached hydrogen (secondary N) is 1. The molecular formula is C13H20F3N3. The van der Waals surface area contributed by atoms with Crippen LogP contribution in [0.1, 0.15) is 26.3 Å². The van der Waals surface area contributed by atoms with Crippen molar-refractivity contribution >= 4 is 5.82 Å². The minimum Gasteiger partial charge on any atom is -0.356 e. The van der Waals surface area contributed by atoms with Crippen molar-refractivity contribution in [3.8, 4) is 0 Å². The van der Waals surface area contributed by atoms with Crippen LogP contribution in [0, 0.1) is 0 Å². The quantitative estimate of drug-likeness (QED) is 0.865. The number of anilines is 1. The Morgan fingerprint density at radius 1 is 1.37 bits per heavy atom. The van der Waals surface area contributed by atoms with Crippen LogP contribution in [0.2, 0.25) is 0 Å². The lowest BCUT2D eigenvalue weighted by atomic mass is 10.2. The monoisotopic (exact) mass is 275 g/mol.